The summed E-state index contributed by atoms with van der Waals surface area (Å²) in [4.78, 5) is 30.4. The quantitative estimate of drug-likeness (QED) is 0.349. The van der Waals surface area contributed by atoms with Gasteiger partial charge in [0.25, 0.3) is 0 Å². The molecule has 176 valence electrons. The summed E-state index contributed by atoms with van der Waals surface area (Å²) in [5.74, 6) is 0.562. The smallest absolute Gasteiger partial charge is 0.411 e. The van der Waals surface area contributed by atoms with E-state index in [1.165, 1.54) is 7.11 Å². The number of pyridine rings is 2. The molecule has 0 fully saturated rings. The average molecular weight is 483 g/mol. The number of ether oxygens (including phenoxy) is 3. The fourth-order valence-electron chi connectivity index (χ4n) is 3.06. The second-order valence-corrected chi connectivity index (χ2v) is 7.11. The maximum absolute atomic E-state index is 11.2. The van der Waals surface area contributed by atoms with Crippen LogP contribution in [-0.2, 0) is 9.47 Å². The molecule has 4 rings (SSSR count). The van der Waals surface area contributed by atoms with Crippen LogP contribution in [0.5, 0.6) is 5.88 Å². The Morgan fingerprint density at radius 3 is 2.06 bits per heavy atom. The minimum Gasteiger partial charge on any atom is -0.481 e. The van der Waals surface area contributed by atoms with Gasteiger partial charge in [-0.3, -0.25) is 10.6 Å². The molecule has 0 aliphatic heterocycles. The molecule has 10 heteroatoms. The highest BCUT2D eigenvalue weighted by Gasteiger charge is 2.06. The molecule has 0 bridgehead atoms. The monoisotopic (exact) mass is 482 g/mol. The van der Waals surface area contributed by atoms with E-state index in [0.29, 0.717) is 29.0 Å². The number of aromatic nitrogens is 2. The highest BCUT2D eigenvalue weighted by Crippen LogP contribution is 2.26. The molecule has 9 nitrogen and oxygen atoms in total. The van der Waals surface area contributed by atoms with Crippen LogP contribution in [0.4, 0.5) is 21.0 Å². The first-order valence-corrected chi connectivity index (χ1v) is 10.6. The Bertz CT molecular complexity index is 1320. The Labute approximate surface area is 201 Å². The van der Waals surface area contributed by atoms with Gasteiger partial charge in [0.15, 0.2) is 0 Å². The molecule has 2 N–H and O–H groups in total. The van der Waals surface area contributed by atoms with Gasteiger partial charge in [0, 0.05) is 34.5 Å². The Balaban J connectivity index is 0.000000191. The van der Waals surface area contributed by atoms with Crippen LogP contribution in [0.25, 0.3) is 21.5 Å². The molecule has 34 heavy (non-hydrogen) atoms. The van der Waals surface area contributed by atoms with E-state index in [1.807, 2.05) is 36.4 Å². The van der Waals surface area contributed by atoms with Gasteiger partial charge >= 0.3 is 12.2 Å². The minimum atomic E-state index is -0.495. The maximum Gasteiger partial charge on any atom is 0.411 e. The number of methoxy groups -OCH3 is 2. The maximum atomic E-state index is 11.2. The molecule has 0 saturated heterocycles. The van der Waals surface area contributed by atoms with E-state index in [4.69, 9.17) is 21.1 Å². The Morgan fingerprint density at radius 2 is 1.44 bits per heavy atom. The number of fused-ring (bicyclic) bond motifs is 2. The third-order valence-electron chi connectivity index (χ3n) is 4.59. The summed E-state index contributed by atoms with van der Waals surface area (Å²) >= 11 is 5.94. The number of nitrogens with one attached hydrogen (secondary N) is 2. The normalized spacial score (nSPS) is 10.1. The molecule has 2 heterocycles. The Kier molecular flexibility index (Phi) is 8.42. The molecule has 0 unspecified atom stereocenters. The number of carbonyl (C=O) groups excluding carboxylic acids is 2. The number of hydrogen-bond donors (Lipinski definition) is 2. The fourth-order valence-corrected chi connectivity index (χ4v) is 3.29. The number of amides is 2. The van der Waals surface area contributed by atoms with Crippen LogP contribution in [0.3, 0.4) is 0 Å². The summed E-state index contributed by atoms with van der Waals surface area (Å²) < 4.78 is 14.5. The molecular weight excluding hydrogens is 460 g/mol. The summed E-state index contributed by atoms with van der Waals surface area (Å²) in [7, 11) is 2.89. The first kappa shape index (κ1) is 24.5. The van der Waals surface area contributed by atoms with Gasteiger partial charge in [-0.2, -0.15) is 0 Å². The summed E-state index contributed by atoms with van der Waals surface area (Å²) in [6.45, 7) is 2.10. The largest absolute Gasteiger partial charge is 0.481 e. The number of rotatable bonds is 4. The van der Waals surface area contributed by atoms with E-state index in [-0.39, 0.29) is 0 Å². The highest BCUT2D eigenvalue weighted by molar-refractivity contribution is 6.34. The van der Waals surface area contributed by atoms with Gasteiger partial charge in [0.1, 0.15) is 5.15 Å². The molecule has 2 amide bonds. The fraction of sp³-hybridized carbons (Fsp3) is 0.167. The number of benzene rings is 2. The van der Waals surface area contributed by atoms with Crippen molar-refractivity contribution in [1.29, 1.82) is 0 Å². The number of anilines is 2. The predicted molar refractivity (Wildman–Crippen MR) is 132 cm³/mol. The SMILES string of the molecule is CCOC(=O)Nc1ccc2c(Cl)nccc2c1.COC(=O)Nc1ccc2c(OC)nccc2c1. The van der Waals surface area contributed by atoms with Crippen LogP contribution in [0, 0.1) is 0 Å². The molecule has 0 aliphatic rings. The lowest BCUT2D eigenvalue weighted by atomic mass is 10.1. The minimum absolute atomic E-state index is 0.342. The number of nitrogens with zero attached hydrogens (tertiary/aromatic N) is 2. The second kappa shape index (κ2) is 11.7. The summed E-state index contributed by atoms with van der Waals surface area (Å²) in [6, 6.07) is 14.5. The van der Waals surface area contributed by atoms with Gasteiger partial charge in [-0.25, -0.2) is 19.6 Å². The average Bonchev–Trinajstić information content (AvgIpc) is 2.84. The zero-order valence-electron chi connectivity index (χ0n) is 18.8. The van der Waals surface area contributed by atoms with Crippen LogP contribution in [0.15, 0.2) is 60.9 Å². The van der Waals surface area contributed by atoms with E-state index in [9.17, 15) is 9.59 Å². The van der Waals surface area contributed by atoms with Gasteiger partial charge in [-0.1, -0.05) is 11.6 Å². The van der Waals surface area contributed by atoms with Crippen molar-refractivity contribution in [3.05, 3.63) is 66.1 Å². The lowest BCUT2D eigenvalue weighted by Crippen LogP contribution is -2.13. The lowest BCUT2D eigenvalue weighted by molar-refractivity contribution is 0.168. The summed E-state index contributed by atoms with van der Waals surface area (Å²) in [5, 5.41) is 9.27. The van der Waals surface area contributed by atoms with E-state index in [0.717, 1.165) is 21.5 Å². The lowest BCUT2D eigenvalue weighted by Gasteiger charge is -2.07. The molecule has 2 aromatic carbocycles. The zero-order valence-corrected chi connectivity index (χ0v) is 19.6. The number of hydrogen-bond acceptors (Lipinski definition) is 7. The molecule has 2 aromatic heterocycles. The van der Waals surface area contributed by atoms with Crippen molar-refractivity contribution in [2.75, 3.05) is 31.5 Å². The predicted octanol–water partition coefficient (Wildman–Crippen LogP) is 5.88. The molecule has 0 radical (unpaired) electrons. The summed E-state index contributed by atoms with van der Waals surface area (Å²) in [6.07, 6.45) is 2.32. The van der Waals surface area contributed by atoms with Gasteiger partial charge in [0.05, 0.1) is 20.8 Å². The molecule has 0 saturated carbocycles. The van der Waals surface area contributed by atoms with Crippen molar-refractivity contribution in [3.8, 4) is 5.88 Å². The zero-order chi connectivity index (χ0) is 24.5. The number of carbonyl (C=O) groups is 2. The molecule has 0 aliphatic carbocycles. The van der Waals surface area contributed by atoms with Crippen molar-refractivity contribution in [2.24, 2.45) is 0 Å². The van der Waals surface area contributed by atoms with Crippen LogP contribution >= 0.6 is 11.6 Å². The van der Waals surface area contributed by atoms with Crippen LogP contribution in [0.1, 0.15) is 6.92 Å². The van der Waals surface area contributed by atoms with Crippen LogP contribution in [0.2, 0.25) is 5.15 Å². The third kappa shape index (κ3) is 6.23. The van der Waals surface area contributed by atoms with E-state index in [1.54, 1.807) is 38.6 Å². The molecule has 0 spiro atoms. The van der Waals surface area contributed by atoms with Crippen LogP contribution in [-0.4, -0.2) is 43.0 Å². The van der Waals surface area contributed by atoms with Gasteiger partial charge < -0.3 is 14.2 Å². The first-order valence-electron chi connectivity index (χ1n) is 10.2. The molecular formula is C24H23ClN4O5. The van der Waals surface area contributed by atoms with Crippen molar-refractivity contribution in [2.45, 2.75) is 6.92 Å². The first-order chi connectivity index (χ1) is 16.4. The van der Waals surface area contributed by atoms with Crippen molar-refractivity contribution in [3.63, 3.8) is 0 Å². The highest BCUT2D eigenvalue weighted by atomic mass is 35.5. The standard InChI is InChI=1S/C12H11ClN2O2.C12H12N2O3/c1-2-17-12(16)15-9-3-4-10-8(7-9)5-6-14-11(10)13;1-16-11-10-4-3-9(14-12(15)17-2)7-8(10)5-6-13-11/h3-7H,2H2,1H3,(H,15,16);3-7H,1-2H3,(H,14,15). The van der Waals surface area contributed by atoms with E-state index < -0.39 is 12.2 Å². The van der Waals surface area contributed by atoms with E-state index in [2.05, 4.69) is 25.3 Å². The Morgan fingerprint density at radius 1 is 0.853 bits per heavy atom. The molecule has 4 aromatic rings. The third-order valence-corrected chi connectivity index (χ3v) is 4.89. The second-order valence-electron chi connectivity index (χ2n) is 6.76. The van der Waals surface area contributed by atoms with E-state index >= 15 is 0 Å². The van der Waals surface area contributed by atoms with Gasteiger partial charge in [-0.05, 0) is 66.2 Å². The van der Waals surface area contributed by atoms with Crippen molar-refractivity contribution < 1.29 is 23.8 Å². The van der Waals surface area contributed by atoms with Crippen LogP contribution < -0.4 is 15.4 Å². The van der Waals surface area contributed by atoms with Gasteiger partial charge in [0.2, 0.25) is 5.88 Å². The molecule has 0 atom stereocenters. The topological polar surface area (TPSA) is 112 Å². The summed E-state index contributed by atoms with van der Waals surface area (Å²) in [5.41, 5.74) is 1.33. The number of halogens is 1. The van der Waals surface area contributed by atoms with Crippen molar-refractivity contribution >= 4 is 56.7 Å². The Hall–Kier alpha value is -4.11. The van der Waals surface area contributed by atoms with Crippen molar-refractivity contribution in [1.82, 2.24) is 9.97 Å². The van der Waals surface area contributed by atoms with Gasteiger partial charge in [-0.15, -0.1) is 0 Å².